The Kier molecular flexibility index (Phi) is 5.74. The van der Waals surface area contributed by atoms with E-state index in [-0.39, 0.29) is 0 Å². The Bertz CT molecular complexity index is 747. The molecule has 0 radical (unpaired) electrons. The van der Waals surface area contributed by atoms with Crippen molar-refractivity contribution in [3.8, 4) is 0 Å². The first-order valence-corrected chi connectivity index (χ1v) is 10.4. The van der Waals surface area contributed by atoms with Crippen molar-refractivity contribution < 1.29 is 0 Å². The Morgan fingerprint density at radius 1 is 1.00 bits per heavy atom. The molecular weight excluding hydrogens is 336 g/mol. The Morgan fingerprint density at radius 3 is 2.44 bits per heavy atom. The maximum absolute atomic E-state index is 5.82. The number of benzene rings is 1. The smallest absolute Gasteiger partial charge is 0.225 e. The third-order valence-corrected chi connectivity index (χ3v) is 6.23. The molecule has 0 amide bonds. The van der Waals surface area contributed by atoms with E-state index in [1.807, 2.05) is 0 Å². The van der Waals surface area contributed by atoms with Gasteiger partial charge in [-0.1, -0.05) is 12.1 Å². The van der Waals surface area contributed by atoms with Gasteiger partial charge in [-0.15, -0.1) is 0 Å². The Balaban J connectivity index is 1.49. The molecule has 1 aromatic carbocycles. The van der Waals surface area contributed by atoms with Crippen molar-refractivity contribution in [2.75, 3.05) is 56.5 Å². The zero-order valence-corrected chi connectivity index (χ0v) is 16.4. The second-order valence-corrected chi connectivity index (χ2v) is 8.18. The van der Waals surface area contributed by atoms with Crippen LogP contribution in [-0.2, 0) is 0 Å². The molecule has 0 spiro atoms. The predicted octanol–water partition coefficient (Wildman–Crippen LogP) is 2.56. The van der Waals surface area contributed by atoms with Gasteiger partial charge in [-0.3, -0.25) is 0 Å². The third kappa shape index (κ3) is 4.33. The van der Waals surface area contributed by atoms with Crippen molar-refractivity contribution >= 4 is 22.7 Å². The molecule has 4 rings (SSSR count). The van der Waals surface area contributed by atoms with Crippen molar-refractivity contribution in [3.05, 3.63) is 24.3 Å². The van der Waals surface area contributed by atoms with Crippen LogP contribution in [0.2, 0.25) is 0 Å². The number of para-hydroxylation sites is 1. The minimum Gasteiger partial charge on any atom is -0.354 e. The highest BCUT2D eigenvalue weighted by Crippen LogP contribution is 2.29. The highest BCUT2D eigenvalue weighted by molar-refractivity contribution is 5.90. The van der Waals surface area contributed by atoms with Crippen LogP contribution in [0.15, 0.2) is 24.3 Å². The van der Waals surface area contributed by atoms with Crippen molar-refractivity contribution in [2.45, 2.75) is 25.7 Å². The van der Waals surface area contributed by atoms with E-state index in [9.17, 15) is 0 Å². The topological polar surface area (TPSA) is 70.3 Å². The van der Waals surface area contributed by atoms with Crippen molar-refractivity contribution in [1.29, 1.82) is 0 Å². The number of rotatable bonds is 5. The quantitative estimate of drug-likeness (QED) is 0.845. The molecule has 2 aliphatic rings. The second kappa shape index (κ2) is 8.40. The van der Waals surface area contributed by atoms with Crippen LogP contribution in [0, 0.1) is 11.8 Å². The van der Waals surface area contributed by atoms with Crippen molar-refractivity contribution in [3.63, 3.8) is 0 Å². The van der Waals surface area contributed by atoms with Gasteiger partial charge in [0.2, 0.25) is 5.95 Å². The molecule has 2 heterocycles. The summed E-state index contributed by atoms with van der Waals surface area (Å²) in [7, 11) is 2.18. The average molecular weight is 369 g/mol. The molecule has 1 saturated carbocycles. The van der Waals surface area contributed by atoms with Gasteiger partial charge in [0.1, 0.15) is 5.82 Å². The summed E-state index contributed by atoms with van der Waals surface area (Å²) >= 11 is 0. The van der Waals surface area contributed by atoms with Gasteiger partial charge in [-0.2, -0.15) is 4.98 Å². The van der Waals surface area contributed by atoms with Crippen LogP contribution >= 0.6 is 0 Å². The van der Waals surface area contributed by atoms with Crippen LogP contribution in [0.25, 0.3) is 10.9 Å². The molecule has 0 atom stereocenters. The number of aromatic nitrogens is 2. The van der Waals surface area contributed by atoms with E-state index in [0.717, 1.165) is 67.9 Å². The van der Waals surface area contributed by atoms with Gasteiger partial charge in [0.25, 0.3) is 0 Å². The maximum Gasteiger partial charge on any atom is 0.225 e. The third-order valence-electron chi connectivity index (χ3n) is 6.23. The van der Waals surface area contributed by atoms with E-state index >= 15 is 0 Å². The summed E-state index contributed by atoms with van der Waals surface area (Å²) < 4.78 is 0. The Labute approximate surface area is 162 Å². The monoisotopic (exact) mass is 368 g/mol. The number of piperazine rings is 1. The lowest BCUT2D eigenvalue weighted by Crippen LogP contribution is -2.45. The number of nitrogens with one attached hydrogen (secondary N) is 1. The molecule has 3 N–H and O–H groups in total. The average Bonchev–Trinajstić information content (AvgIpc) is 2.72. The summed E-state index contributed by atoms with van der Waals surface area (Å²) in [4.78, 5) is 14.5. The molecule has 146 valence electrons. The van der Waals surface area contributed by atoms with Gasteiger partial charge in [0.05, 0.1) is 5.52 Å². The lowest BCUT2D eigenvalue weighted by molar-refractivity contribution is 0.289. The summed E-state index contributed by atoms with van der Waals surface area (Å²) in [5.41, 5.74) is 6.84. The van der Waals surface area contributed by atoms with Crippen LogP contribution in [0.1, 0.15) is 25.7 Å². The van der Waals surface area contributed by atoms with Gasteiger partial charge in [-0.05, 0) is 63.2 Å². The van der Waals surface area contributed by atoms with E-state index < -0.39 is 0 Å². The lowest BCUT2D eigenvalue weighted by Gasteiger charge is -2.34. The van der Waals surface area contributed by atoms with E-state index in [1.54, 1.807) is 0 Å². The van der Waals surface area contributed by atoms with Crippen LogP contribution in [-0.4, -0.2) is 61.2 Å². The molecule has 6 heteroatoms. The fourth-order valence-electron chi connectivity index (χ4n) is 4.31. The van der Waals surface area contributed by atoms with E-state index in [2.05, 4.69) is 46.4 Å². The molecule has 1 saturated heterocycles. The van der Waals surface area contributed by atoms with Crippen LogP contribution in [0.4, 0.5) is 11.8 Å². The van der Waals surface area contributed by atoms with Crippen molar-refractivity contribution in [1.82, 2.24) is 14.9 Å². The second-order valence-electron chi connectivity index (χ2n) is 8.18. The van der Waals surface area contributed by atoms with Crippen LogP contribution in [0.5, 0.6) is 0 Å². The first-order valence-electron chi connectivity index (χ1n) is 10.4. The minimum absolute atomic E-state index is 0.704. The fourth-order valence-corrected chi connectivity index (χ4v) is 4.31. The molecule has 1 aliphatic heterocycles. The lowest BCUT2D eigenvalue weighted by atomic mass is 9.82. The summed E-state index contributed by atoms with van der Waals surface area (Å²) in [5, 5.41) is 4.69. The normalized spacial score (nSPS) is 24.3. The molecular formula is C21H32N6. The first-order chi connectivity index (χ1) is 13.2. The Hall–Kier alpha value is -1.92. The van der Waals surface area contributed by atoms with Crippen LogP contribution < -0.4 is 16.0 Å². The van der Waals surface area contributed by atoms with E-state index in [1.165, 1.54) is 25.7 Å². The van der Waals surface area contributed by atoms with Gasteiger partial charge in [0.15, 0.2) is 0 Å². The zero-order valence-electron chi connectivity index (χ0n) is 16.4. The van der Waals surface area contributed by atoms with E-state index in [0.29, 0.717) is 5.92 Å². The maximum atomic E-state index is 5.82. The van der Waals surface area contributed by atoms with E-state index in [4.69, 9.17) is 15.7 Å². The molecule has 0 unspecified atom stereocenters. The molecule has 1 aliphatic carbocycles. The first kappa shape index (κ1) is 18.4. The predicted molar refractivity (Wildman–Crippen MR) is 112 cm³/mol. The van der Waals surface area contributed by atoms with Gasteiger partial charge < -0.3 is 20.9 Å². The number of nitrogens with zero attached hydrogens (tertiary/aromatic N) is 4. The highest BCUT2D eigenvalue weighted by Gasteiger charge is 2.22. The summed E-state index contributed by atoms with van der Waals surface area (Å²) in [6.45, 7) is 5.97. The van der Waals surface area contributed by atoms with Gasteiger partial charge in [-0.25, -0.2) is 4.98 Å². The molecule has 2 aromatic rings. The zero-order chi connectivity index (χ0) is 18.6. The fraction of sp³-hybridized carbons (Fsp3) is 0.619. The number of anilines is 2. The molecule has 1 aromatic heterocycles. The highest BCUT2D eigenvalue weighted by atomic mass is 15.3. The summed E-state index contributed by atoms with van der Waals surface area (Å²) in [5.74, 6) is 3.27. The number of likely N-dealkylation sites (N-methyl/N-ethyl adjacent to an activating group) is 1. The van der Waals surface area contributed by atoms with Crippen LogP contribution in [0.3, 0.4) is 0 Å². The van der Waals surface area contributed by atoms with Gasteiger partial charge >= 0.3 is 0 Å². The summed E-state index contributed by atoms with van der Waals surface area (Å²) in [6.07, 6.45) is 5.03. The largest absolute Gasteiger partial charge is 0.354 e. The van der Waals surface area contributed by atoms with Crippen molar-refractivity contribution in [2.24, 2.45) is 17.6 Å². The minimum atomic E-state index is 0.704. The molecule has 6 nitrogen and oxygen atoms in total. The summed E-state index contributed by atoms with van der Waals surface area (Å²) in [6, 6.07) is 8.37. The van der Waals surface area contributed by atoms with Gasteiger partial charge in [0, 0.05) is 38.1 Å². The number of hydrogen-bond acceptors (Lipinski definition) is 6. The molecule has 27 heavy (non-hydrogen) atoms. The molecule has 0 bridgehead atoms. The Morgan fingerprint density at radius 2 is 1.70 bits per heavy atom. The standard InChI is InChI=1S/C21H32N6/c1-26-10-12-27(13-11-26)20-18-4-2-3-5-19(18)24-21(25-20)23-15-17-8-6-16(14-22)7-9-17/h2-5,16-17H,6-15,22H2,1H3,(H,23,24,25). The number of fused-ring (bicyclic) bond motifs is 1. The molecule has 2 fully saturated rings. The SMILES string of the molecule is CN1CCN(c2nc(NCC3CCC(CN)CC3)nc3ccccc23)CC1. The number of hydrogen-bond donors (Lipinski definition) is 2. The number of nitrogens with two attached hydrogens (primary N) is 1.